The number of morpholine rings is 1. The van der Waals surface area contributed by atoms with E-state index in [1.54, 1.807) is 21.0 Å². The fourth-order valence-electron chi connectivity index (χ4n) is 15.0. The van der Waals surface area contributed by atoms with Gasteiger partial charge in [0.25, 0.3) is 0 Å². The van der Waals surface area contributed by atoms with Crippen LogP contribution in [0.15, 0.2) is 0 Å². The summed E-state index contributed by atoms with van der Waals surface area (Å²) in [7, 11) is 1.78. The molecule has 10 nitrogen and oxygen atoms in total. The van der Waals surface area contributed by atoms with Crippen molar-refractivity contribution in [2.24, 2.45) is 56.7 Å². The lowest BCUT2D eigenvalue weighted by atomic mass is 9.41. The lowest BCUT2D eigenvalue weighted by molar-refractivity contribution is -0.248. The summed E-state index contributed by atoms with van der Waals surface area (Å²) < 4.78 is 31.0. The highest BCUT2D eigenvalue weighted by atomic mass is 16.7. The van der Waals surface area contributed by atoms with E-state index in [1.807, 2.05) is 0 Å². The van der Waals surface area contributed by atoms with Crippen LogP contribution in [0.4, 0.5) is 0 Å². The molecule has 0 aromatic rings. The molecule has 300 valence electrons. The first-order valence-electron chi connectivity index (χ1n) is 21.2. The number of nitrogens with zero attached hydrogens (tertiary/aromatic N) is 2. The predicted molar refractivity (Wildman–Crippen MR) is 200 cm³/mol. The number of likely N-dealkylation sites (tertiary alicyclic amines) is 1. The summed E-state index contributed by atoms with van der Waals surface area (Å²) in [6.07, 6.45) is 6.71. The third-order valence-corrected chi connectivity index (χ3v) is 17.4. The number of carbonyl (C=O) groups excluding carboxylic acids is 2. The van der Waals surface area contributed by atoms with Gasteiger partial charge in [-0.1, -0.05) is 34.6 Å². The Kier molecular flexibility index (Phi) is 9.65. The second-order valence-corrected chi connectivity index (χ2v) is 20.8. The third kappa shape index (κ3) is 5.79. The van der Waals surface area contributed by atoms with E-state index in [0.29, 0.717) is 24.2 Å². The van der Waals surface area contributed by atoms with E-state index in [4.69, 9.17) is 23.7 Å². The van der Waals surface area contributed by atoms with Crippen molar-refractivity contribution in [2.45, 2.75) is 143 Å². The molecule has 1 unspecified atom stereocenters. The van der Waals surface area contributed by atoms with Gasteiger partial charge in [0.2, 0.25) is 0 Å². The molecule has 3 saturated heterocycles. The zero-order chi connectivity index (χ0) is 37.9. The van der Waals surface area contributed by atoms with E-state index in [9.17, 15) is 9.90 Å². The maximum absolute atomic E-state index is 15.1. The number of esters is 1. The van der Waals surface area contributed by atoms with Crippen molar-refractivity contribution in [3.05, 3.63) is 0 Å². The molecule has 0 amide bonds. The molecular formula is C43H70N2O8. The van der Waals surface area contributed by atoms with Crippen molar-refractivity contribution in [1.29, 1.82) is 0 Å². The molecule has 5 saturated carbocycles. The maximum atomic E-state index is 15.1. The van der Waals surface area contributed by atoms with Gasteiger partial charge in [-0.2, -0.15) is 0 Å². The number of rotatable bonds is 10. The summed E-state index contributed by atoms with van der Waals surface area (Å²) in [6, 6.07) is 0. The molecule has 10 heteroatoms. The topological polar surface area (TPSA) is 107 Å². The number of ether oxygens (including phenoxy) is 5. The molecule has 0 bridgehead atoms. The third-order valence-electron chi connectivity index (χ3n) is 17.4. The van der Waals surface area contributed by atoms with Gasteiger partial charge in [0.05, 0.1) is 31.0 Å². The van der Waals surface area contributed by atoms with Crippen molar-refractivity contribution in [3.63, 3.8) is 0 Å². The lowest BCUT2D eigenvalue weighted by Gasteiger charge is -2.62. The van der Waals surface area contributed by atoms with Gasteiger partial charge in [-0.15, -0.1) is 0 Å². The highest BCUT2D eigenvalue weighted by molar-refractivity contribution is 5.93. The molecule has 8 rings (SSSR count). The van der Waals surface area contributed by atoms with E-state index in [1.165, 1.54) is 26.2 Å². The molecule has 8 aliphatic rings. The first-order chi connectivity index (χ1) is 24.9. The summed E-state index contributed by atoms with van der Waals surface area (Å²) in [5.74, 6) is 1.79. The molecule has 1 N–H and O–H groups in total. The Hall–Kier alpha value is -1.14. The Labute approximate surface area is 318 Å². The number of hydrogen-bond donors (Lipinski definition) is 1. The van der Waals surface area contributed by atoms with Crippen molar-refractivity contribution < 1.29 is 38.4 Å². The molecule has 8 fully saturated rings. The van der Waals surface area contributed by atoms with Crippen LogP contribution >= 0.6 is 0 Å². The molecule has 0 radical (unpaired) electrons. The zero-order valence-corrected chi connectivity index (χ0v) is 34.3. The highest BCUT2D eigenvalue weighted by Gasteiger charge is 2.85. The lowest BCUT2D eigenvalue weighted by Crippen LogP contribution is -2.60. The quantitative estimate of drug-likeness (QED) is 0.296. The Balaban J connectivity index is 0.959. The molecule has 0 aromatic carbocycles. The number of fused-ring (bicyclic) bond motifs is 4. The number of hydrogen-bond acceptors (Lipinski definition) is 10. The summed E-state index contributed by atoms with van der Waals surface area (Å²) in [5.41, 5.74) is -1.41. The van der Waals surface area contributed by atoms with Crippen LogP contribution in [0.3, 0.4) is 0 Å². The van der Waals surface area contributed by atoms with Gasteiger partial charge in [0, 0.05) is 64.6 Å². The summed E-state index contributed by atoms with van der Waals surface area (Å²) in [4.78, 5) is 32.3. The second-order valence-electron chi connectivity index (χ2n) is 20.8. The van der Waals surface area contributed by atoms with Gasteiger partial charge in [-0.05, 0) is 111 Å². The second kappa shape index (κ2) is 13.2. The largest absolute Gasteiger partial charge is 0.457 e. The molecule has 2 spiro atoms. The number of aliphatic hydroxyl groups is 1. The smallest absolute Gasteiger partial charge is 0.303 e. The van der Waals surface area contributed by atoms with E-state index in [0.717, 1.165) is 78.2 Å². The Morgan fingerprint density at radius 3 is 2.43 bits per heavy atom. The summed E-state index contributed by atoms with van der Waals surface area (Å²) >= 11 is 0. The van der Waals surface area contributed by atoms with Crippen LogP contribution in [-0.2, 0) is 33.3 Å². The number of Topliss-reactive ketones (excluding diaryl/α,β-unsaturated/α-hetero) is 1. The molecule has 0 aromatic heterocycles. The fraction of sp³-hybridized carbons (Fsp3) is 0.953. The van der Waals surface area contributed by atoms with Crippen molar-refractivity contribution in [3.8, 4) is 0 Å². The van der Waals surface area contributed by atoms with Crippen LogP contribution in [0.2, 0.25) is 0 Å². The van der Waals surface area contributed by atoms with Crippen LogP contribution in [0.25, 0.3) is 0 Å². The Bertz CT molecular complexity index is 1430. The molecule has 3 heterocycles. The van der Waals surface area contributed by atoms with Crippen LogP contribution in [0.1, 0.15) is 107 Å². The summed E-state index contributed by atoms with van der Waals surface area (Å²) in [5, 5.41) is 11.1. The van der Waals surface area contributed by atoms with Crippen LogP contribution < -0.4 is 0 Å². The minimum Gasteiger partial charge on any atom is -0.457 e. The number of methoxy groups -OCH3 is 1. The minimum atomic E-state index is -1.28. The molecular weight excluding hydrogens is 672 g/mol. The Morgan fingerprint density at radius 1 is 1.02 bits per heavy atom. The summed E-state index contributed by atoms with van der Waals surface area (Å²) in [6.45, 7) is 24.5. The van der Waals surface area contributed by atoms with Gasteiger partial charge in [-0.25, -0.2) is 0 Å². The van der Waals surface area contributed by atoms with E-state index < -0.39 is 35.3 Å². The SMILES string of the molecule is COCCN1CC(CN2CCO[C@@H](O[C@H]3CCC45C[C@]46CC[C@]4(C)[C@H]7[C@H](C)C[C@H]([C@H](OC(C)=O)C(C)(C)O)O[C@@H]7C(=O)[C@@]4(C)[C@@H]6CC[C@H]5C3(C)C)C2)C1. The highest BCUT2D eigenvalue weighted by Crippen LogP contribution is 2.89. The van der Waals surface area contributed by atoms with Gasteiger partial charge in [0.1, 0.15) is 6.10 Å². The number of ketones is 1. The van der Waals surface area contributed by atoms with Crippen LogP contribution in [0.5, 0.6) is 0 Å². The molecule has 53 heavy (non-hydrogen) atoms. The maximum Gasteiger partial charge on any atom is 0.303 e. The zero-order valence-electron chi connectivity index (χ0n) is 34.3. The van der Waals surface area contributed by atoms with Crippen molar-refractivity contribution in [1.82, 2.24) is 9.80 Å². The van der Waals surface area contributed by atoms with E-state index >= 15 is 4.79 Å². The van der Waals surface area contributed by atoms with Crippen molar-refractivity contribution in [2.75, 3.05) is 59.6 Å². The van der Waals surface area contributed by atoms with Crippen molar-refractivity contribution >= 4 is 11.8 Å². The van der Waals surface area contributed by atoms with Gasteiger partial charge >= 0.3 is 5.97 Å². The normalized spacial score (nSPS) is 47.3. The number of carbonyl (C=O) groups is 2. The predicted octanol–water partition coefficient (Wildman–Crippen LogP) is 5.33. The first-order valence-corrected chi connectivity index (χ1v) is 21.2. The van der Waals surface area contributed by atoms with Crippen LogP contribution in [0, 0.1) is 56.7 Å². The van der Waals surface area contributed by atoms with Gasteiger partial charge in [-0.3, -0.25) is 14.5 Å². The average molecular weight is 743 g/mol. The van der Waals surface area contributed by atoms with E-state index in [2.05, 4.69) is 44.4 Å². The molecule has 3 aliphatic heterocycles. The fourth-order valence-corrected chi connectivity index (χ4v) is 15.0. The van der Waals surface area contributed by atoms with Gasteiger partial charge in [0.15, 0.2) is 18.2 Å². The van der Waals surface area contributed by atoms with E-state index in [-0.39, 0.29) is 51.7 Å². The standard InChI is InChI=1S/C43H70N2O8/c1-26-20-29(37(39(5,6)48)51-27(2)46)52-35-34(26)40(7)14-15-43-25-42(43)13-12-32(38(3,4)30(42)10-11-31(43)41(40,8)36(35)47)53-33-24-45(17-19-50-33)23-28-21-44(22-28)16-18-49-9/h26,28-35,37,48H,10-25H2,1-9H3/t26-,29-,30+,31+,32+,33+,34+,35+,37+,40-,41-,42?,43+/m1/s1. The van der Waals surface area contributed by atoms with Crippen LogP contribution in [-0.4, -0.2) is 123 Å². The van der Waals surface area contributed by atoms with Gasteiger partial charge < -0.3 is 33.7 Å². The average Bonchev–Trinajstić information content (AvgIpc) is 3.70. The monoisotopic (exact) mass is 743 g/mol. The molecule has 13 atom stereocenters. The Morgan fingerprint density at radius 2 is 1.74 bits per heavy atom. The minimum absolute atomic E-state index is 0.0250. The first kappa shape index (κ1) is 38.7. The molecule has 5 aliphatic carbocycles.